The number of rotatable bonds is 6. The molecule has 164 valence electrons. The minimum atomic E-state index is -0.513. The summed E-state index contributed by atoms with van der Waals surface area (Å²) in [5, 5.41) is 7.85. The minimum Gasteiger partial charge on any atom is -0.489 e. The van der Waals surface area contributed by atoms with Gasteiger partial charge in [-0.3, -0.25) is 9.78 Å². The molecule has 5 rings (SSSR count). The van der Waals surface area contributed by atoms with Crippen molar-refractivity contribution in [2.45, 2.75) is 19.6 Å². The first-order valence-electron chi connectivity index (χ1n) is 10.5. The van der Waals surface area contributed by atoms with Gasteiger partial charge in [-0.15, -0.1) is 5.10 Å². The third kappa shape index (κ3) is 4.06. The number of primary amides is 1. The van der Waals surface area contributed by atoms with Crippen LogP contribution in [0.3, 0.4) is 0 Å². The summed E-state index contributed by atoms with van der Waals surface area (Å²) in [4.78, 5) is 21.1. The molecule has 2 aromatic carbocycles. The van der Waals surface area contributed by atoms with Gasteiger partial charge in [0.2, 0.25) is 11.9 Å². The number of nitrogens with one attached hydrogen (secondary N) is 1. The Kier molecular flexibility index (Phi) is 5.32. The fourth-order valence-electron chi connectivity index (χ4n) is 3.89. The number of pyridine rings is 1. The molecule has 0 saturated heterocycles. The van der Waals surface area contributed by atoms with E-state index >= 15 is 0 Å². The van der Waals surface area contributed by atoms with E-state index in [4.69, 9.17) is 10.5 Å². The summed E-state index contributed by atoms with van der Waals surface area (Å²) in [7, 11) is 0. The van der Waals surface area contributed by atoms with E-state index in [1.54, 1.807) is 17.1 Å². The SMILES string of the molecule is CC1=C(C(N)=O)C(c2ccc(OCc3ccccc3)cc2)n2nc(-c3ccncc3)nc2N1. The first kappa shape index (κ1) is 20.4. The van der Waals surface area contributed by atoms with Gasteiger partial charge in [-0.1, -0.05) is 42.5 Å². The summed E-state index contributed by atoms with van der Waals surface area (Å²) in [5.74, 6) is 1.29. The quantitative estimate of drug-likeness (QED) is 0.475. The molecule has 0 aliphatic carbocycles. The molecule has 2 aromatic heterocycles. The Labute approximate surface area is 190 Å². The van der Waals surface area contributed by atoms with Gasteiger partial charge in [0.05, 0.1) is 5.57 Å². The molecular weight excluding hydrogens is 416 g/mol. The third-order valence-electron chi connectivity index (χ3n) is 5.50. The molecule has 8 nitrogen and oxygen atoms in total. The third-order valence-corrected chi connectivity index (χ3v) is 5.50. The molecule has 0 radical (unpaired) electrons. The van der Waals surface area contributed by atoms with E-state index in [1.807, 2.05) is 73.7 Å². The van der Waals surface area contributed by atoms with Gasteiger partial charge < -0.3 is 15.8 Å². The maximum atomic E-state index is 12.4. The lowest BCUT2D eigenvalue weighted by Gasteiger charge is -2.27. The van der Waals surface area contributed by atoms with Crippen molar-refractivity contribution >= 4 is 11.9 Å². The number of allylic oxidation sites excluding steroid dienone is 1. The van der Waals surface area contributed by atoms with Gasteiger partial charge in [0.1, 0.15) is 18.4 Å². The number of nitrogens with zero attached hydrogens (tertiary/aromatic N) is 4. The first-order valence-corrected chi connectivity index (χ1v) is 10.5. The standard InChI is InChI=1S/C25H22N6O2/c1-16-21(23(26)32)22(31-25(28-16)29-24(30-31)19-11-13-27-14-12-19)18-7-9-20(10-8-18)33-15-17-5-3-2-4-6-17/h2-14,22H,15H2,1H3,(H2,26,32)(H,28,29,30). The Bertz CT molecular complexity index is 1310. The molecule has 0 saturated carbocycles. The Hall–Kier alpha value is -4.46. The monoisotopic (exact) mass is 438 g/mol. The maximum Gasteiger partial charge on any atom is 0.248 e. The average molecular weight is 438 g/mol. The van der Waals surface area contributed by atoms with Gasteiger partial charge in [-0.05, 0) is 42.3 Å². The summed E-state index contributed by atoms with van der Waals surface area (Å²) in [6, 6.07) is 20.7. The molecule has 0 spiro atoms. The number of fused-ring (bicyclic) bond motifs is 1. The van der Waals surface area contributed by atoms with Crippen LogP contribution in [0.4, 0.5) is 5.95 Å². The lowest BCUT2D eigenvalue weighted by molar-refractivity contribution is -0.115. The number of aromatic nitrogens is 4. The molecule has 0 fully saturated rings. The molecule has 1 atom stereocenters. The van der Waals surface area contributed by atoms with E-state index in [1.165, 1.54) is 0 Å². The molecule has 3 heterocycles. The molecule has 33 heavy (non-hydrogen) atoms. The lowest BCUT2D eigenvalue weighted by Crippen LogP contribution is -2.31. The fraction of sp³-hybridized carbons (Fsp3) is 0.120. The van der Waals surface area contributed by atoms with Crippen molar-refractivity contribution in [1.82, 2.24) is 19.7 Å². The van der Waals surface area contributed by atoms with Crippen LogP contribution < -0.4 is 15.8 Å². The van der Waals surface area contributed by atoms with Gasteiger partial charge >= 0.3 is 0 Å². The zero-order chi connectivity index (χ0) is 22.8. The predicted molar refractivity (Wildman–Crippen MR) is 124 cm³/mol. The molecule has 8 heteroatoms. The number of nitrogens with two attached hydrogens (primary N) is 1. The smallest absolute Gasteiger partial charge is 0.248 e. The van der Waals surface area contributed by atoms with Crippen LogP contribution in [0.2, 0.25) is 0 Å². The number of anilines is 1. The van der Waals surface area contributed by atoms with Crippen LogP contribution in [0.15, 0.2) is 90.4 Å². The molecule has 1 aliphatic heterocycles. The molecule has 1 amide bonds. The largest absolute Gasteiger partial charge is 0.489 e. The van der Waals surface area contributed by atoms with Crippen LogP contribution >= 0.6 is 0 Å². The molecule has 0 bridgehead atoms. The molecule has 3 N–H and O–H groups in total. The van der Waals surface area contributed by atoms with Gasteiger partial charge in [0.15, 0.2) is 5.82 Å². The molecule has 1 aliphatic rings. The number of benzene rings is 2. The Balaban J connectivity index is 1.48. The van der Waals surface area contributed by atoms with E-state index in [0.717, 1.165) is 22.4 Å². The zero-order valence-electron chi connectivity index (χ0n) is 18.0. The van der Waals surface area contributed by atoms with Crippen molar-refractivity contribution in [1.29, 1.82) is 0 Å². The molecular formula is C25H22N6O2. The van der Waals surface area contributed by atoms with Crippen LogP contribution in [-0.4, -0.2) is 25.7 Å². The van der Waals surface area contributed by atoms with Crippen molar-refractivity contribution in [3.05, 3.63) is 102 Å². The number of ether oxygens (including phenoxy) is 1. The summed E-state index contributed by atoms with van der Waals surface area (Å²) in [5.41, 5.74) is 9.63. The van der Waals surface area contributed by atoms with Crippen molar-refractivity contribution in [2.24, 2.45) is 5.73 Å². The van der Waals surface area contributed by atoms with Gasteiger partial charge in [0.25, 0.3) is 0 Å². The zero-order valence-corrected chi connectivity index (χ0v) is 18.0. The number of hydrogen-bond acceptors (Lipinski definition) is 6. The van der Waals surface area contributed by atoms with Gasteiger partial charge in [-0.25, -0.2) is 4.68 Å². The van der Waals surface area contributed by atoms with Crippen LogP contribution in [0.5, 0.6) is 5.75 Å². The topological polar surface area (TPSA) is 108 Å². The highest BCUT2D eigenvalue weighted by molar-refractivity contribution is 5.95. The average Bonchev–Trinajstić information content (AvgIpc) is 3.27. The highest BCUT2D eigenvalue weighted by Crippen LogP contribution is 2.36. The van der Waals surface area contributed by atoms with Crippen molar-refractivity contribution in [2.75, 3.05) is 5.32 Å². The number of amides is 1. The highest BCUT2D eigenvalue weighted by Gasteiger charge is 2.33. The van der Waals surface area contributed by atoms with E-state index in [9.17, 15) is 4.79 Å². The maximum absolute atomic E-state index is 12.4. The van der Waals surface area contributed by atoms with Gasteiger partial charge in [-0.2, -0.15) is 4.98 Å². The van der Waals surface area contributed by atoms with Crippen LogP contribution in [0, 0.1) is 0 Å². The van der Waals surface area contributed by atoms with Crippen molar-refractivity contribution in [3.63, 3.8) is 0 Å². The molecule has 4 aromatic rings. The predicted octanol–water partition coefficient (Wildman–Crippen LogP) is 3.69. The first-order chi connectivity index (χ1) is 16.1. The Morgan fingerprint density at radius 2 is 1.79 bits per heavy atom. The minimum absolute atomic E-state index is 0.437. The second-order valence-corrected chi connectivity index (χ2v) is 7.71. The number of carbonyl (C=O) groups is 1. The van der Waals surface area contributed by atoms with Crippen molar-refractivity contribution < 1.29 is 9.53 Å². The number of hydrogen-bond donors (Lipinski definition) is 2. The number of carbonyl (C=O) groups excluding carboxylic acids is 1. The van der Waals surface area contributed by atoms with E-state index < -0.39 is 11.9 Å². The van der Waals surface area contributed by atoms with Crippen LogP contribution in [0.25, 0.3) is 11.4 Å². The van der Waals surface area contributed by atoms with Crippen molar-refractivity contribution in [3.8, 4) is 17.1 Å². The molecule has 1 unspecified atom stereocenters. The lowest BCUT2D eigenvalue weighted by atomic mass is 9.95. The van der Waals surface area contributed by atoms with E-state index in [-0.39, 0.29) is 0 Å². The normalized spacial score (nSPS) is 15.0. The Morgan fingerprint density at radius 1 is 1.06 bits per heavy atom. The summed E-state index contributed by atoms with van der Waals surface area (Å²) in [6.45, 7) is 2.29. The summed E-state index contributed by atoms with van der Waals surface area (Å²) in [6.07, 6.45) is 3.37. The fourth-order valence-corrected chi connectivity index (χ4v) is 3.89. The van der Waals surface area contributed by atoms with Crippen LogP contribution in [0.1, 0.15) is 24.1 Å². The Morgan fingerprint density at radius 3 is 2.48 bits per heavy atom. The second kappa shape index (κ2) is 8.58. The van der Waals surface area contributed by atoms with E-state index in [0.29, 0.717) is 29.6 Å². The second-order valence-electron chi connectivity index (χ2n) is 7.71. The van der Waals surface area contributed by atoms with Gasteiger partial charge in [0, 0.05) is 23.7 Å². The summed E-state index contributed by atoms with van der Waals surface area (Å²) >= 11 is 0. The summed E-state index contributed by atoms with van der Waals surface area (Å²) < 4.78 is 7.60. The van der Waals surface area contributed by atoms with Crippen LogP contribution in [-0.2, 0) is 11.4 Å². The van der Waals surface area contributed by atoms with E-state index in [2.05, 4.69) is 20.4 Å². The highest BCUT2D eigenvalue weighted by atomic mass is 16.5.